The van der Waals surface area contributed by atoms with E-state index in [1.54, 1.807) is 17.2 Å². The van der Waals surface area contributed by atoms with Crippen LogP contribution >= 0.6 is 0 Å². The molecular formula is C15H15F4N5. The Balaban J connectivity index is 1.71. The van der Waals surface area contributed by atoms with Gasteiger partial charge < -0.3 is 9.80 Å². The van der Waals surface area contributed by atoms with Gasteiger partial charge in [-0.3, -0.25) is 0 Å². The maximum absolute atomic E-state index is 14.0. The van der Waals surface area contributed by atoms with E-state index < -0.39 is 17.6 Å². The zero-order chi connectivity index (χ0) is 17.3. The molecule has 0 atom stereocenters. The number of alkyl halides is 3. The van der Waals surface area contributed by atoms with Gasteiger partial charge in [0.15, 0.2) is 11.6 Å². The number of piperazine rings is 1. The monoisotopic (exact) mass is 341 g/mol. The van der Waals surface area contributed by atoms with Crippen LogP contribution in [0, 0.1) is 12.7 Å². The molecule has 1 saturated heterocycles. The first-order valence-electron chi connectivity index (χ1n) is 7.37. The summed E-state index contributed by atoms with van der Waals surface area (Å²) in [5.41, 5.74) is -0.242. The predicted molar refractivity (Wildman–Crippen MR) is 80.4 cm³/mol. The third-order valence-electron chi connectivity index (χ3n) is 3.79. The van der Waals surface area contributed by atoms with E-state index >= 15 is 0 Å². The number of nitrogens with zero attached hydrogens (tertiary/aromatic N) is 5. The smallest absolute Gasteiger partial charge is 0.351 e. The number of rotatable bonds is 2. The average molecular weight is 341 g/mol. The Morgan fingerprint density at radius 2 is 1.71 bits per heavy atom. The van der Waals surface area contributed by atoms with Gasteiger partial charge in [-0.15, -0.1) is 0 Å². The van der Waals surface area contributed by atoms with Crippen LogP contribution in [0.1, 0.15) is 11.3 Å². The van der Waals surface area contributed by atoms with Crippen LogP contribution in [0.2, 0.25) is 0 Å². The van der Waals surface area contributed by atoms with Gasteiger partial charge in [0.1, 0.15) is 0 Å². The van der Waals surface area contributed by atoms with Crippen molar-refractivity contribution < 1.29 is 17.6 Å². The molecule has 1 aliphatic rings. The molecule has 0 amide bonds. The van der Waals surface area contributed by atoms with E-state index in [0.29, 0.717) is 44.4 Å². The summed E-state index contributed by atoms with van der Waals surface area (Å²) >= 11 is 0. The standard InChI is InChI=1S/C15H15F4N5/c1-10-2-3-20-14(22-10)24-6-4-23(5-7-24)13-12(16)8-11(9-21-13)15(17,18)19/h2-3,8-9H,4-7H2,1H3. The van der Waals surface area contributed by atoms with Gasteiger partial charge in [0.05, 0.1) is 5.56 Å². The lowest BCUT2D eigenvalue weighted by atomic mass is 10.2. The second-order valence-corrected chi connectivity index (χ2v) is 5.50. The van der Waals surface area contributed by atoms with E-state index in [1.165, 1.54) is 0 Å². The molecule has 0 saturated carbocycles. The quantitative estimate of drug-likeness (QED) is 0.786. The minimum Gasteiger partial charge on any atom is -0.351 e. The fraction of sp³-hybridized carbons (Fsp3) is 0.400. The van der Waals surface area contributed by atoms with Gasteiger partial charge in [-0.2, -0.15) is 13.2 Å². The molecule has 9 heteroatoms. The summed E-state index contributed by atoms with van der Waals surface area (Å²) in [6.07, 6.45) is -2.27. The first kappa shape index (κ1) is 16.4. The Hall–Kier alpha value is -2.45. The number of aromatic nitrogens is 3. The van der Waals surface area contributed by atoms with Crippen LogP contribution in [0.4, 0.5) is 29.3 Å². The average Bonchev–Trinajstić information content (AvgIpc) is 2.54. The minimum absolute atomic E-state index is 0.0622. The van der Waals surface area contributed by atoms with Crippen LogP contribution < -0.4 is 9.80 Å². The second-order valence-electron chi connectivity index (χ2n) is 5.50. The summed E-state index contributed by atoms with van der Waals surface area (Å²) in [7, 11) is 0. The molecule has 0 unspecified atom stereocenters. The van der Waals surface area contributed by atoms with E-state index in [1.807, 2.05) is 11.8 Å². The molecule has 5 nitrogen and oxygen atoms in total. The van der Waals surface area contributed by atoms with Crippen molar-refractivity contribution in [3.8, 4) is 0 Å². The maximum Gasteiger partial charge on any atom is 0.417 e. The molecule has 2 aromatic heterocycles. The number of hydrogen-bond acceptors (Lipinski definition) is 5. The maximum atomic E-state index is 14.0. The van der Waals surface area contributed by atoms with Crippen LogP contribution in [-0.4, -0.2) is 41.1 Å². The third-order valence-corrected chi connectivity index (χ3v) is 3.79. The highest BCUT2D eigenvalue weighted by Gasteiger charge is 2.32. The Kier molecular flexibility index (Phi) is 4.25. The van der Waals surface area contributed by atoms with E-state index in [-0.39, 0.29) is 5.82 Å². The number of anilines is 2. The van der Waals surface area contributed by atoms with Crippen molar-refractivity contribution in [3.63, 3.8) is 0 Å². The second kappa shape index (κ2) is 6.21. The molecule has 24 heavy (non-hydrogen) atoms. The van der Waals surface area contributed by atoms with Crippen molar-refractivity contribution in [2.24, 2.45) is 0 Å². The van der Waals surface area contributed by atoms with Gasteiger partial charge in [-0.1, -0.05) is 0 Å². The Morgan fingerprint density at radius 1 is 1.04 bits per heavy atom. The molecule has 0 bridgehead atoms. The Morgan fingerprint density at radius 3 is 2.29 bits per heavy atom. The number of halogens is 4. The molecular weight excluding hydrogens is 326 g/mol. The number of aryl methyl sites for hydroxylation is 1. The summed E-state index contributed by atoms with van der Waals surface area (Å²) in [5, 5.41) is 0. The van der Waals surface area contributed by atoms with Gasteiger partial charge in [0.25, 0.3) is 0 Å². The van der Waals surface area contributed by atoms with E-state index in [4.69, 9.17) is 0 Å². The molecule has 2 aromatic rings. The lowest BCUT2D eigenvalue weighted by molar-refractivity contribution is -0.138. The summed E-state index contributed by atoms with van der Waals surface area (Å²) in [4.78, 5) is 15.8. The van der Waals surface area contributed by atoms with Crippen LogP contribution in [0.5, 0.6) is 0 Å². The Bertz CT molecular complexity index is 726. The fourth-order valence-electron chi connectivity index (χ4n) is 2.52. The summed E-state index contributed by atoms with van der Waals surface area (Å²) < 4.78 is 51.7. The van der Waals surface area contributed by atoms with Crippen LogP contribution in [0.25, 0.3) is 0 Å². The molecule has 128 valence electrons. The highest BCUT2D eigenvalue weighted by molar-refractivity contribution is 5.44. The molecule has 0 aliphatic carbocycles. The van der Waals surface area contributed by atoms with Gasteiger partial charge in [-0.05, 0) is 19.1 Å². The third kappa shape index (κ3) is 3.39. The van der Waals surface area contributed by atoms with Crippen molar-refractivity contribution in [2.45, 2.75) is 13.1 Å². The largest absolute Gasteiger partial charge is 0.417 e. The van der Waals surface area contributed by atoms with Crippen LogP contribution in [0.15, 0.2) is 24.5 Å². The lowest BCUT2D eigenvalue weighted by Gasteiger charge is -2.35. The molecule has 1 aliphatic heterocycles. The van der Waals surface area contributed by atoms with Crippen molar-refractivity contribution in [1.82, 2.24) is 15.0 Å². The normalized spacial score (nSPS) is 15.7. The molecule has 0 radical (unpaired) electrons. The van der Waals surface area contributed by atoms with Gasteiger partial charge in [-0.25, -0.2) is 19.3 Å². The minimum atomic E-state index is -4.60. The topological polar surface area (TPSA) is 45.2 Å². The molecule has 3 rings (SSSR count). The van der Waals surface area contributed by atoms with Crippen molar-refractivity contribution in [1.29, 1.82) is 0 Å². The Labute approximate surface area is 136 Å². The van der Waals surface area contributed by atoms with E-state index in [2.05, 4.69) is 15.0 Å². The molecule has 0 spiro atoms. The van der Waals surface area contributed by atoms with Gasteiger partial charge >= 0.3 is 6.18 Å². The van der Waals surface area contributed by atoms with Crippen molar-refractivity contribution in [2.75, 3.05) is 36.0 Å². The first-order valence-corrected chi connectivity index (χ1v) is 7.37. The zero-order valence-corrected chi connectivity index (χ0v) is 12.9. The summed E-state index contributed by atoms with van der Waals surface area (Å²) in [5.74, 6) is -0.437. The fourth-order valence-corrected chi connectivity index (χ4v) is 2.52. The highest BCUT2D eigenvalue weighted by Crippen LogP contribution is 2.31. The highest BCUT2D eigenvalue weighted by atomic mass is 19.4. The van der Waals surface area contributed by atoms with Crippen molar-refractivity contribution >= 4 is 11.8 Å². The molecule has 0 N–H and O–H groups in total. The van der Waals surface area contributed by atoms with Crippen LogP contribution in [0.3, 0.4) is 0 Å². The van der Waals surface area contributed by atoms with Gasteiger partial charge in [0, 0.05) is 44.3 Å². The SMILES string of the molecule is Cc1ccnc(N2CCN(c3ncc(C(F)(F)F)cc3F)CC2)n1. The summed E-state index contributed by atoms with van der Waals surface area (Å²) in [6.45, 7) is 3.78. The molecule has 1 fully saturated rings. The molecule has 0 aromatic carbocycles. The van der Waals surface area contributed by atoms with Crippen LogP contribution in [-0.2, 0) is 6.18 Å². The molecule has 3 heterocycles. The van der Waals surface area contributed by atoms with E-state index in [9.17, 15) is 17.6 Å². The van der Waals surface area contributed by atoms with E-state index in [0.717, 1.165) is 5.69 Å². The lowest BCUT2D eigenvalue weighted by Crippen LogP contribution is -2.47. The zero-order valence-electron chi connectivity index (χ0n) is 12.9. The van der Waals surface area contributed by atoms with Crippen molar-refractivity contribution in [3.05, 3.63) is 41.6 Å². The summed E-state index contributed by atoms with van der Waals surface area (Å²) in [6, 6.07) is 2.28. The number of pyridine rings is 1. The number of hydrogen-bond donors (Lipinski definition) is 0. The first-order chi connectivity index (χ1) is 11.3. The van der Waals surface area contributed by atoms with Gasteiger partial charge in [0.2, 0.25) is 5.95 Å². The predicted octanol–water partition coefficient (Wildman–Crippen LogP) is 2.66.